The molecule has 1 fully saturated rings. The number of aromatic hydroxyl groups is 1. The van der Waals surface area contributed by atoms with E-state index in [1.807, 2.05) is 13.8 Å². The van der Waals surface area contributed by atoms with Gasteiger partial charge in [0.1, 0.15) is 11.9 Å². The van der Waals surface area contributed by atoms with Crippen LogP contribution < -0.4 is 5.56 Å². The fourth-order valence-electron chi connectivity index (χ4n) is 3.11. The van der Waals surface area contributed by atoms with E-state index < -0.39 is 0 Å². The van der Waals surface area contributed by atoms with Gasteiger partial charge in [-0.15, -0.1) is 0 Å². The molecule has 5 nitrogen and oxygen atoms in total. The zero-order valence-corrected chi connectivity index (χ0v) is 12.5. The maximum atomic E-state index is 12.1. The highest BCUT2D eigenvalue weighted by atomic mass is 16.5. The number of hydrogen-bond donors (Lipinski definition) is 2. The number of ether oxygens (including phenoxy) is 1. The summed E-state index contributed by atoms with van der Waals surface area (Å²) in [6.07, 6.45) is 5.54. The minimum Gasteiger partial charge on any atom is -0.493 e. The van der Waals surface area contributed by atoms with E-state index in [9.17, 15) is 9.90 Å². The van der Waals surface area contributed by atoms with Gasteiger partial charge in [-0.3, -0.25) is 4.79 Å². The van der Waals surface area contributed by atoms with Crippen molar-refractivity contribution in [2.24, 2.45) is 5.92 Å². The molecule has 2 N–H and O–H groups in total. The molecule has 0 spiro atoms. The van der Waals surface area contributed by atoms with Crippen molar-refractivity contribution in [3.63, 3.8) is 0 Å². The number of rotatable bonds is 4. The maximum Gasteiger partial charge on any atom is 0.258 e. The van der Waals surface area contributed by atoms with Crippen LogP contribution in [-0.2, 0) is 4.74 Å². The molecule has 1 aromatic heterocycles. The molecule has 0 bridgehead atoms. The van der Waals surface area contributed by atoms with Crippen molar-refractivity contribution in [1.29, 1.82) is 0 Å². The summed E-state index contributed by atoms with van der Waals surface area (Å²) in [5.41, 5.74) is 0.0765. The quantitative estimate of drug-likeness (QED) is 0.889. The Morgan fingerprint density at radius 3 is 2.45 bits per heavy atom. The lowest BCUT2D eigenvalue weighted by Crippen LogP contribution is -2.25. The fourth-order valence-corrected chi connectivity index (χ4v) is 3.11. The summed E-state index contributed by atoms with van der Waals surface area (Å²) in [6.45, 7) is 3.72. The van der Waals surface area contributed by atoms with Gasteiger partial charge in [0.05, 0.1) is 5.56 Å². The number of aromatic amines is 1. The van der Waals surface area contributed by atoms with Gasteiger partial charge < -0.3 is 14.8 Å². The van der Waals surface area contributed by atoms with E-state index in [-0.39, 0.29) is 23.5 Å². The van der Waals surface area contributed by atoms with Crippen LogP contribution in [0, 0.1) is 5.92 Å². The van der Waals surface area contributed by atoms with E-state index in [1.165, 1.54) is 19.3 Å². The topological polar surface area (TPSA) is 75.2 Å². The highest BCUT2D eigenvalue weighted by molar-refractivity contribution is 5.26. The number of nitrogens with one attached hydrogen (secondary N) is 1. The van der Waals surface area contributed by atoms with Gasteiger partial charge in [0, 0.05) is 7.11 Å². The predicted molar refractivity (Wildman–Crippen MR) is 76.9 cm³/mol. The molecule has 5 heteroatoms. The number of nitrogens with zero attached hydrogens (tertiary/aromatic N) is 1. The molecular formula is C15H24N2O3. The molecule has 1 saturated carbocycles. The third-order valence-electron chi connectivity index (χ3n) is 4.13. The number of H-pyrrole nitrogens is 1. The lowest BCUT2D eigenvalue weighted by atomic mass is 9.85. The Morgan fingerprint density at radius 1 is 1.30 bits per heavy atom. The molecule has 1 aliphatic rings. The van der Waals surface area contributed by atoms with E-state index >= 15 is 0 Å². The van der Waals surface area contributed by atoms with Crippen LogP contribution in [-0.4, -0.2) is 22.2 Å². The summed E-state index contributed by atoms with van der Waals surface area (Å²) in [5, 5.41) is 10.00. The monoisotopic (exact) mass is 280 g/mol. The Morgan fingerprint density at radius 2 is 1.95 bits per heavy atom. The molecule has 0 radical (unpaired) electrons. The minimum atomic E-state index is -0.264. The highest BCUT2D eigenvalue weighted by Crippen LogP contribution is 2.35. The molecule has 0 aromatic carbocycles. The molecule has 20 heavy (non-hydrogen) atoms. The molecule has 0 amide bonds. The van der Waals surface area contributed by atoms with Gasteiger partial charge in [0.25, 0.3) is 5.56 Å². The molecule has 1 aliphatic carbocycles. The first-order chi connectivity index (χ1) is 9.54. The van der Waals surface area contributed by atoms with Crippen molar-refractivity contribution in [3.8, 4) is 5.88 Å². The summed E-state index contributed by atoms with van der Waals surface area (Å²) in [7, 11) is 1.63. The normalized spacial score (nSPS) is 18.4. The second-order valence-electron chi connectivity index (χ2n) is 5.90. The summed E-state index contributed by atoms with van der Waals surface area (Å²) in [4.78, 5) is 19.1. The van der Waals surface area contributed by atoms with Crippen LogP contribution in [0.25, 0.3) is 0 Å². The SMILES string of the molecule is COC(c1nc(O)c(C(C)C)c(=O)[nH]1)C1CCCCC1. The average molecular weight is 280 g/mol. The Hall–Kier alpha value is -1.36. The van der Waals surface area contributed by atoms with Gasteiger partial charge >= 0.3 is 0 Å². The van der Waals surface area contributed by atoms with Crippen LogP contribution in [0.3, 0.4) is 0 Å². The lowest BCUT2D eigenvalue weighted by molar-refractivity contribution is 0.0282. The summed E-state index contributed by atoms with van der Waals surface area (Å²) in [5.74, 6) is 0.583. The van der Waals surface area contributed by atoms with Crippen LogP contribution >= 0.6 is 0 Å². The Balaban J connectivity index is 2.33. The second-order valence-corrected chi connectivity index (χ2v) is 5.90. The molecular weight excluding hydrogens is 256 g/mol. The Kier molecular flexibility index (Phi) is 4.81. The predicted octanol–water partition coefficient (Wildman–Crippen LogP) is 2.87. The van der Waals surface area contributed by atoms with Crippen molar-refractivity contribution < 1.29 is 9.84 Å². The number of aromatic nitrogens is 2. The summed E-state index contributed by atoms with van der Waals surface area (Å²) < 4.78 is 5.54. The molecule has 2 rings (SSSR count). The first kappa shape index (κ1) is 15.0. The van der Waals surface area contributed by atoms with Gasteiger partial charge in [0.15, 0.2) is 0 Å². The molecule has 0 aliphatic heterocycles. The average Bonchev–Trinajstić information content (AvgIpc) is 2.39. The first-order valence-electron chi connectivity index (χ1n) is 7.40. The van der Waals surface area contributed by atoms with Gasteiger partial charge in [0.2, 0.25) is 5.88 Å². The molecule has 1 aromatic rings. The van der Waals surface area contributed by atoms with Gasteiger partial charge in [-0.1, -0.05) is 33.1 Å². The van der Waals surface area contributed by atoms with E-state index in [4.69, 9.17) is 4.74 Å². The van der Waals surface area contributed by atoms with Crippen molar-refractivity contribution in [2.45, 2.75) is 58.0 Å². The molecule has 1 atom stereocenters. The third kappa shape index (κ3) is 3.03. The lowest BCUT2D eigenvalue weighted by Gasteiger charge is -2.28. The van der Waals surface area contributed by atoms with Crippen molar-refractivity contribution in [2.75, 3.05) is 7.11 Å². The van der Waals surface area contributed by atoms with E-state index in [0.29, 0.717) is 17.3 Å². The third-order valence-corrected chi connectivity index (χ3v) is 4.13. The van der Waals surface area contributed by atoms with Crippen molar-refractivity contribution in [3.05, 3.63) is 21.7 Å². The van der Waals surface area contributed by atoms with Crippen molar-refractivity contribution in [1.82, 2.24) is 9.97 Å². The van der Waals surface area contributed by atoms with Crippen LogP contribution in [0.4, 0.5) is 0 Å². The smallest absolute Gasteiger partial charge is 0.258 e. The molecule has 112 valence electrons. The molecule has 1 unspecified atom stereocenters. The maximum absolute atomic E-state index is 12.1. The first-order valence-corrected chi connectivity index (χ1v) is 7.40. The Labute approximate surface area is 119 Å². The van der Waals surface area contributed by atoms with E-state index in [2.05, 4.69) is 9.97 Å². The van der Waals surface area contributed by atoms with Gasteiger partial charge in [-0.2, -0.15) is 4.98 Å². The van der Waals surface area contributed by atoms with Crippen LogP contribution in [0.5, 0.6) is 5.88 Å². The van der Waals surface area contributed by atoms with E-state index in [1.54, 1.807) is 7.11 Å². The molecule has 0 saturated heterocycles. The van der Waals surface area contributed by atoms with Gasteiger partial charge in [-0.25, -0.2) is 0 Å². The molecule has 1 heterocycles. The van der Waals surface area contributed by atoms with E-state index in [0.717, 1.165) is 12.8 Å². The summed E-state index contributed by atoms with van der Waals surface area (Å²) in [6, 6.07) is 0. The highest BCUT2D eigenvalue weighted by Gasteiger charge is 2.28. The zero-order valence-electron chi connectivity index (χ0n) is 12.5. The zero-order chi connectivity index (χ0) is 14.7. The number of hydrogen-bond acceptors (Lipinski definition) is 4. The van der Waals surface area contributed by atoms with Crippen LogP contribution in [0.15, 0.2) is 4.79 Å². The largest absolute Gasteiger partial charge is 0.493 e. The fraction of sp³-hybridized carbons (Fsp3) is 0.733. The summed E-state index contributed by atoms with van der Waals surface area (Å²) >= 11 is 0. The van der Waals surface area contributed by atoms with Gasteiger partial charge in [-0.05, 0) is 24.7 Å². The Bertz CT molecular complexity index is 504. The number of methoxy groups -OCH3 is 1. The van der Waals surface area contributed by atoms with Crippen molar-refractivity contribution >= 4 is 0 Å². The van der Waals surface area contributed by atoms with Crippen LogP contribution in [0.2, 0.25) is 0 Å². The standard InChI is InChI=1S/C15H24N2O3/c1-9(2)11-14(18)16-13(17-15(11)19)12(20-3)10-7-5-4-6-8-10/h9-10,12H,4-8H2,1-3H3,(H2,16,17,18,19). The minimum absolute atomic E-state index is 0.0593. The van der Waals surface area contributed by atoms with Crippen LogP contribution in [0.1, 0.15) is 69.4 Å². The second kappa shape index (κ2) is 6.39.